The number of hydrogen-bond acceptors (Lipinski definition) is 6. The lowest BCUT2D eigenvalue weighted by Crippen LogP contribution is -1.89. The van der Waals surface area contributed by atoms with Crippen molar-refractivity contribution in [2.24, 2.45) is 0 Å². The van der Waals surface area contributed by atoms with Crippen molar-refractivity contribution >= 4 is 22.7 Å². The second kappa shape index (κ2) is 6.38. The van der Waals surface area contributed by atoms with E-state index in [0.29, 0.717) is 5.89 Å². The highest BCUT2D eigenvalue weighted by atomic mass is 32.2. The van der Waals surface area contributed by atoms with E-state index in [1.165, 1.54) is 4.90 Å². The molecule has 1 N–H and O–H groups in total. The Bertz CT molecular complexity index is 1020. The Labute approximate surface area is 148 Å². The molecule has 0 amide bonds. The molecule has 0 radical (unpaired) electrons. The van der Waals surface area contributed by atoms with E-state index in [2.05, 4.69) is 40.7 Å². The monoisotopic (exact) mass is 352 g/mol. The summed E-state index contributed by atoms with van der Waals surface area (Å²) in [6, 6.07) is 14.1. The normalized spacial score (nSPS) is 12.6. The summed E-state index contributed by atoms with van der Waals surface area (Å²) in [5.41, 5.74) is 3.68. The fourth-order valence-corrected chi connectivity index (χ4v) is 3.08. The summed E-state index contributed by atoms with van der Waals surface area (Å²) < 4.78 is 11.2. The number of rotatable bonds is 4. The number of aliphatic hydroxyl groups excluding tert-OH is 1. The molecule has 0 saturated carbocycles. The maximum atomic E-state index is 9.55. The highest BCUT2D eigenvalue weighted by Crippen LogP contribution is 2.34. The summed E-state index contributed by atoms with van der Waals surface area (Å²) in [6.45, 7) is 1.59. The van der Waals surface area contributed by atoms with Crippen LogP contribution in [0.2, 0.25) is 0 Å². The average Bonchev–Trinajstić information content (AvgIpc) is 3.28. The largest absolute Gasteiger partial charge is 0.464 e. The van der Waals surface area contributed by atoms with Gasteiger partial charge in [-0.15, -0.1) is 22.0 Å². The van der Waals surface area contributed by atoms with E-state index in [4.69, 9.17) is 8.83 Å². The van der Waals surface area contributed by atoms with Crippen molar-refractivity contribution in [3.05, 3.63) is 54.6 Å². The molecule has 0 fully saturated rings. The van der Waals surface area contributed by atoms with E-state index in [-0.39, 0.29) is 5.89 Å². The standard InChI is InChI=1S/C19H16N2O3S/c1-11(22)18-20-21-19(24-18)13-5-8-17-15(9-13)16(10-23-17)12-3-6-14(25-2)7-4-12/h3-11,22H,1-2H3/t11-/m0/s1. The Morgan fingerprint density at radius 3 is 2.48 bits per heavy atom. The molecule has 0 unspecified atom stereocenters. The minimum absolute atomic E-state index is 0.204. The molecule has 0 aliphatic carbocycles. The molecule has 25 heavy (non-hydrogen) atoms. The van der Waals surface area contributed by atoms with Crippen LogP contribution in [0.5, 0.6) is 0 Å². The molecule has 1 atom stereocenters. The first-order chi connectivity index (χ1) is 12.2. The van der Waals surface area contributed by atoms with Crippen LogP contribution in [0.1, 0.15) is 18.9 Å². The minimum atomic E-state index is -0.788. The van der Waals surface area contributed by atoms with Crippen molar-refractivity contribution in [1.82, 2.24) is 10.2 Å². The second-order valence-corrected chi connectivity index (χ2v) is 6.59. The molecule has 0 aliphatic rings. The fraction of sp³-hybridized carbons (Fsp3) is 0.158. The summed E-state index contributed by atoms with van der Waals surface area (Å²) >= 11 is 1.71. The van der Waals surface area contributed by atoms with E-state index in [0.717, 1.165) is 27.7 Å². The molecular weight excluding hydrogens is 336 g/mol. The van der Waals surface area contributed by atoms with Crippen LogP contribution in [-0.4, -0.2) is 21.6 Å². The van der Waals surface area contributed by atoms with Gasteiger partial charge in [0.25, 0.3) is 0 Å². The number of hydrogen-bond donors (Lipinski definition) is 1. The van der Waals surface area contributed by atoms with Gasteiger partial charge >= 0.3 is 0 Å². The molecule has 2 aromatic carbocycles. The van der Waals surface area contributed by atoms with Crippen LogP contribution in [0.3, 0.4) is 0 Å². The van der Waals surface area contributed by atoms with Crippen molar-refractivity contribution < 1.29 is 13.9 Å². The molecule has 0 spiro atoms. The van der Waals surface area contributed by atoms with Crippen LogP contribution in [0, 0.1) is 0 Å². The minimum Gasteiger partial charge on any atom is -0.464 e. The maximum absolute atomic E-state index is 9.55. The Hall–Kier alpha value is -2.57. The Morgan fingerprint density at radius 2 is 1.80 bits per heavy atom. The summed E-state index contributed by atoms with van der Waals surface area (Å²) in [6.07, 6.45) is 3.03. The fourth-order valence-electron chi connectivity index (χ4n) is 2.68. The predicted octanol–water partition coefficient (Wildman–Crippen LogP) is 4.93. The molecule has 0 bridgehead atoms. The Balaban J connectivity index is 1.78. The highest BCUT2D eigenvalue weighted by molar-refractivity contribution is 7.98. The summed E-state index contributed by atoms with van der Waals surface area (Å²) in [7, 11) is 0. The number of aromatic nitrogens is 2. The van der Waals surface area contributed by atoms with Gasteiger partial charge in [0.15, 0.2) is 0 Å². The average molecular weight is 352 g/mol. The number of furan rings is 1. The molecule has 126 valence electrons. The molecule has 2 heterocycles. The lowest BCUT2D eigenvalue weighted by atomic mass is 10.0. The lowest BCUT2D eigenvalue weighted by molar-refractivity contribution is 0.163. The Kier molecular flexibility index (Phi) is 4.07. The van der Waals surface area contributed by atoms with Crippen molar-refractivity contribution in [1.29, 1.82) is 0 Å². The van der Waals surface area contributed by atoms with Crippen LogP contribution in [0.15, 0.2) is 62.5 Å². The third kappa shape index (κ3) is 2.94. The van der Waals surface area contributed by atoms with Gasteiger partial charge in [-0.05, 0) is 49.1 Å². The molecular formula is C19H16N2O3S. The van der Waals surface area contributed by atoms with Crippen molar-refractivity contribution in [3.63, 3.8) is 0 Å². The number of nitrogens with zero attached hydrogens (tertiary/aromatic N) is 2. The van der Waals surface area contributed by atoms with Crippen LogP contribution < -0.4 is 0 Å². The van der Waals surface area contributed by atoms with E-state index < -0.39 is 6.10 Å². The van der Waals surface area contributed by atoms with Gasteiger partial charge in [0.1, 0.15) is 11.7 Å². The first-order valence-electron chi connectivity index (χ1n) is 7.83. The SMILES string of the molecule is CSc1ccc(-c2coc3ccc(-c4nnc([C@H](C)O)o4)cc23)cc1. The van der Waals surface area contributed by atoms with Gasteiger partial charge in [-0.25, -0.2) is 0 Å². The Morgan fingerprint density at radius 1 is 1.04 bits per heavy atom. The van der Waals surface area contributed by atoms with Crippen LogP contribution in [-0.2, 0) is 0 Å². The maximum Gasteiger partial charge on any atom is 0.247 e. The highest BCUT2D eigenvalue weighted by Gasteiger charge is 2.15. The van der Waals surface area contributed by atoms with Gasteiger partial charge in [-0.2, -0.15) is 0 Å². The van der Waals surface area contributed by atoms with Crippen LogP contribution in [0.25, 0.3) is 33.6 Å². The van der Waals surface area contributed by atoms with Gasteiger partial charge < -0.3 is 13.9 Å². The summed E-state index contributed by atoms with van der Waals surface area (Å²) in [4.78, 5) is 1.22. The number of thioether (sulfide) groups is 1. The van der Waals surface area contributed by atoms with Gasteiger partial charge in [0.05, 0.1) is 6.26 Å². The van der Waals surface area contributed by atoms with Crippen molar-refractivity contribution in [2.75, 3.05) is 6.26 Å². The van der Waals surface area contributed by atoms with Crippen LogP contribution >= 0.6 is 11.8 Å². The van der Waals surface area contributed by atoms with E-state index >= 15 is 0 Å². The molecule has 4 aromatic rings. The second-order valence-electron chi connectivity index (χ2n) is 5.71. The number of benzene rings is 2. The number of fused-ring (bicyclic) bond motifs is 1. The molecule has 2 aromatic heterocycles. The van der Waals surface area contributed by atoms with Crippen molar-refractivity contribution in [3.8, 4) is 22.6 Å². The summed E-state index contributed by atoms with van der Waals surface area (Å²) in [5.74, 6) is 0.581. The topological polar surface area (TPSA) is 72.3 Å². The van der Waals surface area contributed by atoms with E-state index in [9.17, 15) is 5.11 Å². The summed E-state index contributed by atoms with van der Waals surface area (Å²) in [5, 5.41) is 18.4. The first kappa shape index (κ1) is 15.9. The van der Waals surface area contributed by atoms with E-state index in [1.807, 2.05) is 18.2 Å². The first-order valence-corrected chi connectivity index (χ1v) is 9.05. The zero-order chi connectivity index (χ0) is 17.4. The van der Waals surface area contributed by atoms with Gasteiger partial charge in [0.2, 0.25) is 11.8 Å². The lowest BCUT2D eigenvalue weighted by Gasteiger charge is -2.02. The molecule has 0 aliphatic heterocycles. The smallest absolute Gasteiger partial charge is 0.247 e. The zero-order valence-corrected chi connectivity index (χ0v) is 14.6. The molecule has 4 rings (SSSR count). The third-order valence-electron chi connectivity index (χ3n) is 4.02. The molecule has 6 heteroatoms. The number of aliphatic hydroxyl groups is 1. The molecule has 5 nitrogen and oxygen atoms in total. The van der Waals surface area contributed by atoms with Gasteiger partial charge in [-0.3, -0.25) is 0 Å². The van der Waals surface area contributed by atoms with Crippen LogP contribution in [0.4, 0.5) is 0 Å². The third-order valence-corrected chi connectivity index (χ3v) is 4.76. The van der Waals surface area contributed by atoms with Crippen molar-refractivity contribution in [2.45, 2.75) is 17.9 Å². The zero-order valence-electron chi connectivity index (χ0n) is 13.8. The van der Waals surface area contributed by atoms with E-state index in [1.54, 1.807) is 24.9 Å². The predicted molar refractivity (Wildman–Crippen MR) is 97.4 cm³/mol. The molecule has 0 saturated heterocycles. The quantitative estimate of drug-likeness (QED) is 0.525. The van der Waals surface area contributed by atoms with Gasteiger partial charge in [0, 0.05) is 21.4 Å². The van der Waals surface area contributed by atoms with Gasteiger partial charge in [-0.1, -0.05) is 12.1 Å².